The molecular formula is C14H25O8P. The third-order valence-electron chi connectivity index (χ3n) is 3.23. The van der Waals surface area contributed by atoms with Crippen molar-refractivity contribution in [3.05, 3.63) is 0 Å². The summed E-state index contributed by atoms with van der Waals surface area (Å²) in [5, 5.41) is 0. The van der Waals surface area contributed by atoms with E-state index in [0.29, 0.717) is 18.8 Å². The highest BCUT2D eigenvalue weighted by Crippen LogP contribution is 2.35. The Bertz CT molecular complexity index is 442. The van der Waals surface area contributed by atoms with Gasteiger partial charge in [-0.25, -0.2) is 4.57 Å². The average molecular weight is 352 g/mol. The number of carbonyl (C=O) groups excluding carboxylic acids is 3. The smallest absolute Gasteiger partial charge is 0.457 e. The maximum atomic E-state index is 11.6. The number of rotatable bonds is 13. The third-order valence-corrected chi connectivity index (χ3v) is 3.69. The van der Waals surface area contributed by atoms with E-state index in [-0.39, 0.29) is 5.78 Å². The molecule has 0 aromatic heterocycles. The monoisotopic (exact) mass is 352 g/mol. The highest BCUT2D eigenvalue weighted by atomic mass is 31.2. The third kappa shape index (κ3) is 14.3. The van der Waals surface area contributed by atoms with Crippen molar-refractivity contribution in [2.45, 2.75) is 52.4 Å². The SMILES string of the molecule is CCC(C)CCCCC(=O)CC(=O)OCC(=O)COP(=O)(O)O. The summed E-state index contributed by atoms with van der Waals surface area (Å²) in [6.07, 6.45) is 3.67. The lowest BCUT2D eigenvalue weighted by Gasteiger charge is -2.07. The molecule has 9 heteroatoms. The molecule has 0 spiro atoms. The molecule has 0 aromatic carbocycles. The second-order valence-corrected chi connectivity index (χ2v) is 6.68. The van der Waals surface area contributed by atoms with E-state index >= 15 is 0 Å². The van der Waals surface area contributed by atoms with Gasteiger partial charge in [-0.1, -0.05) is 33.1 Å². The van der Waals surface area contributed by atoms with Gasteiger partial charge in [0.05, 0.1) is 0 Å². The van der Waals surface area contributed by atoms with Crippen molar-refractivity contribution in [1.29, 1.82) is 0 Å². The number of hydrogen-bond donors (Lipinski definition) is 2. The van der Waals surface area contributed by atoms with Crippen LogP contribution in [0.25, 0.3) is 0 Å². The van der Waals surface area contributed by atoms with Gasteiger partial charge in [-0.05, 0) is 12.3 Å². The fourth-order valence-corrected chi connectivity index (χ4v) is 1.99. The van der Waals surface area contributed by atoms with Crippen LogP contribution in [-0.4, -0.2) is 40.5 Å². The lowest BCUT2D eigenvalue weighted by Crippen LogP contribution is -2.19. The quantitative estimate of drug-likeness (QED) is 0.222. The van der Waals surface area contributed by atoms with Crippen LogP contribution in [0.1, 0.15) is 52.4 Å². The Kier molecular flexibility index (Phi) is 10.9. The molecule has 0 amide bonds. The number of Topliss-reactive ketones (excluding diaryl/α,β-unsaturated/α-hetero) is 2. The van der Waals surface area contributed by atoms with Gasteiger partial charge >= 0.3 is 13.8 Å². The lowest BCUT2D eigenvalue weighted by atomic mass is 10.00. The normalized spacial score (nSPS) is 12.7. The molecule has 2 N–H and O–H groups in total. The molecule has 0 heterocycles. The number of esters is 1. The van der Waals surface area contributed by atoms with Gasteiger partial charge < -0.3 is 14.5 Å². The zero-order valence-electron chi connectivity index (χ0n) is 13.5. The minimum atomic E-state index is -4.73. The van der Waals surface area contributed by atoms with E-state index in [1.807, 2.05) is 0 Å². The highest BCUT2D eigenvalue weighted by Gasteiger charge is 2.18. The predicted octanol–water partition coefficient (Wildman–Crippen LogP) is 1.77. The summed E-state index contributed by atoms with van der Waals surface area (Å²) in [5.41, 5.74) is 0. The van der Waals surface area contributed by atoms with Gasteiger partial charge in [0.25, 0.3) is 0 Å². The zero-order valence-corrected chi connectivity index (χ0v) is 14.4. The average Bonchev–Trinajstić information content (AvgIpc) is 2.46. The number of ketones is 2. The Morgan fingerprint density at radius 2 is 1.74 bits per heavy atom. The first kappa shape index (κ1) is 21.9. The zero-order chi connectivity index (χ0) is 17.9. The standard InChI is InChI=1S/C14H25O8P/c1-3-11(2)6-4-5-7-12(15)8-14(17)21-9-13(16)10-22-23(18,19)20/h11H,3-10H2,1-2H3,(H2,18,19,20). The molecule has 1 atom stereocenters. The van der Waals surface area contributed by atoms with Crippen molar-refractivity contribution in [3.8, 4) is 0 Å². The molecule has 0 aliphatic heterocycles. The minimum Gasteiger partial charge on any atom is -0.457 e. The summed E-state index contributed by atoms with van der Waals surface area (Å²) in [4.78, 5) is 50.9. The summed E-state index contributed by atoms with van der Waals surface area (Å²) in [7, 11) is -4.73. The molecule has 8 nitrogen and oxygen atoms in total. The van der Waals surface area contributed by atoms with E-state index in [0.717, 1.165) is 19.3 Å². The largest absolute Gasteiger partial charge is 0.470 e. The van der Waals surface area contributed by atoms with E-state index in [9.17, 15) is 18.9 Å². The summed E-state index contributed by atoms with van der Waals surface area (Å²) >= 11 is 0. The first-order chi connectivity index (χ1) is 10.6. The molecule has 23 heavy (non-hydrogen) atoms. The second kappa shape index (κ2) is 11.5. The summed E-state index contributed by atoms with van der Waals surface area (Å²) in [6.45, 7) is 2.71. The van der Waals surface area contributed by atoms with E-state index in [1.165, 1.54) is 0 Å². The van der Waals surface area contributed by atoms with Crippen LogP contribution < -0.4 is 0 Å². The molecule has 1 unspecified atom stereocenters. The molecule has 0 rings (SSSR count). The Labute approximate surface area is 135 Å². The first-order valence-corrected chi connectivity index (χ1v) is 9.06. The number of phosphoric acid groups is 1. The van der Waals surface area contributed by atoms with Gasteiger partial charge in [0, 0.05) is 6.42 Å². The number of unbranched alkanes of at least 4 members (excludes halogenated alkanes) is 1. The highest BCUT2D eigenvalue weighted by molar-refractivity contribution is 7.46. The van der Waals surface area contributed by atoms with Crippen LogP contribution >= 0.6 is 7.82 Å². The van der Waals surface area contributed by atoms with E-state index in [4.69, 9.17) is 9.79 Å². The molecule has 0 bridgehead atoms. The van der Waals surface area contributed by atoms with Crippen LogP contribution in [0.3, 0.4) is 0 Å². The van der Waals surface area contributed by atoms with Gasteiger partial charge in [-0.15, -0.1) is 0 Å². The molecule has 0 fully saturated rings. The maximum absolute atomic E-state index is 11.6. The van der Waals surface area contributed by atoms with Crippen molar-refractivity contribution < 1.29 is 38.0 Å². The van der Waals surface area contributed by atoms with Crippen LogP contribution in [0.15, 0.2) is 0 Å². The fourth-order valence-electron chi connectivity index (χ4n) is 1.68. The maximum Gasteiger partial charge on any atom is 0.470 e. The van der Waals surface area contributed by atoms with Crippen molar-refractivity contribution in [2.24, 2.45) is 5.92 Å². The molecule has 0 aliphatic rings. The summed E-state index contributed by atoms with van der Waals surface area (Å²) in [5.74, 6) is -1.27. The van der Waals surface area contributed by atoms with Gasteiger partial charge in [-0.2, -0.15) is 0 Å². The Hall–Kier alpha value is -1.08. The Balaban J connectivity index is 3.78. The molecule has 134 valence electrons. The van der Waals surface area contributed by atoms with Gasteiger partial charge in [0.15, 0.2) is 12.4 Å². The molecular weight excluding hydrogens is 327 g/mol. The lowest BCUT2D eigenvalue weighted by molar-refractivity contribution is -0.150. The van der Waals surface area contributed by atoms with Crippen molar-refractivity contribution in [2.75, 3.05) is 13.2 Å². The molecule has 0 aliphatic carbocycles. The van der Waals surface area contributed by atoms with Crippen LogP contribution in [0.2, 0.25) is 0 Å². The van der Waals surface area contributed by atoms with Crippen LogP contribution in [0, 0.1) is 5.92 Å². The fraction of sp³-hybridized carbons (Fsp3) is 0.786. The van der Waals surface area contributed by atoms with Gasteiger partial charge in [-0.3, -0.25) is 18.9 Å². The number of hydrogen-bond acceptors (Lipinski definition) is 6. The first-order valence-electron chi connectivity index (χ1n) is 7.53. The predicted molar refractivity (Wildman–Crippen MR) is 81.5 cm³/mol. The van der Waals surface area contributed by atoms with Crippen LogP contribution in [0.4, 0.5) is 0 Å². The topological polar surface area (TPSA) is 127 Å². The van der Waals surface area contributed by atoms with Crippen molar-refractivity contribution in [3.63, 3.8) is 0 Å². The Morgan fingerprint density at radius 3 is 2.30 bits per heavy atom. The van der Waals surface area contributed by atoms with Crippen molar-refractivity contribution in [1.82, 2.24) is 0 Å². The minimum absolute atomic E-state index is 0.252. The molecule has 0 saturated carbocycles. The number of carbonyl (C=O) groups is 3. The van der Waals surface area contributed by atoms with Gasteiger partial charge in [0.2, 0.25) is 0 Å². The van der Waals surface area contributed by atoms with Gasteiger partial charge in [0.1, 0.15) is 18.8 Å². The molecule has 0 saturated heterocycles. The second-order valence-electron chi connectivity index (χ2n) is 5.44. The molecule has 0 aromatic rings. The van der Waals surface area contributed by atoms with Crippen molar-refractivity contribution >= 4 is 25.4 Å². The molecule has 0 radical (unpaired) electrons. The van der Waals surface area contributed by atoms with E-state index in [1.54, 1.807) is 0 Å². The summed E-state index contributed by atoms with van der Waals surface area (Å²) in [6, 6.07) is 0. The Morgan fingerprint density at radius 1 is 1.09 bits per heavy atom. The number of ether oxygens (including phenoxy) is 1. The number of phosphoric ester groups is 1. The van der Waals surface area contributed by atoms with E-state index in [2.05, 4.69) is 23.1 Å². The van der Waals surface area contributed by atoms with Crippen LogP contribution in [0.5, 0.6) is 0 Å². The summed E-state index contributed by atoms with van der Waals surface area (Å²) < 4.78 is 18.9. The van der Waals surface area contributed by atoms with Crippen LogP contribution in [-0.2, 0) is 28.2 Å². The van der Waals surface area contributed by atoms with E-state index < -0.39 is 39.2 Å².